The van der Waals surface area contributed by atoms with Crippen LogP contribution in [0, 0.1) is 6.92 Å². The number of aryl methyl sites for hydroxylation is 1. The molecule has 0 aliphatic carbocycles. The van der Waals surface area contributed by atoms with Crippen LogP contribution in [0.15, 0.2) is 6.20 Å². The number of rotatable bonds is 5. The summed E-state index contributed by atoms with van der Waals surface area (Å²) in [7, 11) is 1.07. The first-order valence-corrected chi connectivity index (χ1v) is 7.82. The van der Waals surface area contributed by atoms with E-state index in [1.807, 2.05) is 6.92 Å². The molecule has 0 aromatic carbocycles. The van der Waals surface area contributed by atoms with Crippen molar-refractivity contribution in [3.63, 3.8) is 0 Å². The SMILES string of the molecule is COCCNc1nc(C)cn1C1CCS(=O)CC1. The van der Waals surface area contributed by atoms with E-state index in [0.29, 0.717) is 12.6 Å². The number of ether oxygens (including phenoxy) is 1. The van der Waals surface area contributed by atoms with E-state index in [2.05, 4.69) is 21.1 Å². The number of methoxy groups -OCH3 is 1. The van der Waals surface area contributed by atoms with Gasteiger partial charge < -0.3 is 14.6 Å². The molecule has 5 nitrogen and oxygen atoms in total. The minimum atomic E-state index is -0.615. The van der Waals surface area contributed by atoms with E-state index in [4.69, 9.17) is 4.74 Å². The highest BCUT2D eigenvalue weighted by Crippen LogP contribution is 2.26. The molecule has 102 valence electrons. The number of hydrogen-bond donors (Lipinski definition) is 1. The zero-order valence-electron chi connectivity index (χ0n) is 11.0. The third kappa shape index (κ3) is 3.32. The van der Waals surface area contributed by atoms with Crippen LogP contribution in [0.3, 0.4) is 0 Å². The molecule has 0 unspecified atom stereocenters. The van der Waals surface area contributed by atoms with E-state index in [1.54, 1.807) is 7.11 Å². The van der Waals surface area contributed by atoms with E-state index in [-0.39, 0.29) is 0 Å². The Morgan fingerprint density at radius 2 is 2.28 bits per heavy atom. The van der Waals surface area contributed by atoms with Gasteiger partial charge in [-0.2, -0.15) is 0 Å². The Bertz CT molecular complexity index is 409. The van der Waals surface area contributed by atoms with Crippen LogP contribution in [0.1, 0.15) is 24.6 Å². The summed E-state index contributed by atoms with van der Waals surface area (Å²) < 4.78 is 18.6. The van der Waals surface area contributed by atoms with Gasteiger partial charge in [-0.1, -0.05) is 0 Å². The molecule has 0 bridgehead atoms. The number of hydrogen-bond acceptors (Lipinski definition) is 4. The molecule has 0 radical (unpaired) electrons. The number of imidazole rings is 1. The standard InChI is InChI=1S/C12H21N3O2S/c1-10-9-15(11-3-7-18(16)8-4-11)12(14-10)13-5-6-17-2/h9,11H,3-8H2,1-2H3,(H,13,14). The van der Waals surface area contributed by atoms with Crippen molar-refractivity contribution in [1.29, 1.82) is 0 Å². The lowest BCUT2D eigenvalue weighted by Gasteiger charge is -2.24. The van der Waals surface area contributed by atoms with Crippen LogP contribution in [0.2, 0.25) is 0 Å². The van der Waals surface area contributed by atoms with Gasteiger partial charge in [-0.3, -0.25) is 4.21 Å². The molecule has 2 heterocycles. The molecule has 1 N–H and O–H groups in total. The van der Waals surface area contributed by atoms with Gasteiger partial charge >= 0.3 is 0 Å². The molecule has 1 saturated heterocycles. The van der Waals surface area contributed by atoms with Gasteiger partial charge in [-0.15, -0.1) is 0 Å². The van der Waals surface area contributed by atoms with Gasteiger partial charge in [0.15, 0.2) is 0 Å². The smallest absolute Gasteiger partial charge is 0.203 e. The minimum absolute atomic E-state index is 0.425. The van der Waals surface area contributed by atoms with E-state index in [1.165, 1.54) is 0 Å². The van der Waals surface area contributed by atoms with E-state index in [0.717, 1.165) is 42.5 Å². The Hall–Kier alpha value is -0.880. The highest BCUT2D eigenvalue weighted by Gasteiger charge is 2.21. The lowest BCUT2D eigenvalue weighted by Crippen LogP contribution is -2.23. The van der Waals surface area contributed by atoms with Crippen molar-refractivity contribution in [3.05, 3.63) is 11.9 Å². The van der Waals surface area contributed by atoms with Crippen molar-refractivity contribution in [2.75, 3.05) is 37.1 Å². The predicted molar refractivity (Wildman–Crippen MR) is 73.5 cm³/mol. The van der Waals surface area contributed by atoms with Crippen LogP contribution in [-0.4, -0.2) is 45.5 Å². The summed E-state index contributed by atoms with van der Waals surface area (Å²) in [5.74, 6) is 2.51. The summed E-state index contributed by atoms with van der Waals surface area (Å²) in [4.78, 5) is 4.50. The Labute approximate surface area is 110 Å². The average Bonchev–Trinajstić information content (AvgIpc) is 2.72. The fourth-order valence-electron chi connectivity index (χ4n) is 2.25. The Morgan fingerprint density at radius 1 is 1.56 bits per heavy atom. The largest absolute Gasteiger partial charge is 0.383 e. The van der Waals surface area contributed by atoms with Gasteiger partial charge in [0, 0.05) is 48.2 Å². The van der Waals surface area contributed by atoms with Crippen LogP contribution in [0.4, 0.5) is 5.95 Å². The summed E-state index contributed by atoms with van der Waals surface area (Å²) in [5.41, 5.74) is 1.02. The molecule has 2 rings (SSSR count). The quantitative estimate of drug-likeness (QED) is 0.821. The third-order valence-electron chi connectivity index (χ3n) is 3.19. The first kappa shape index (κ1) is 13.5. The summed E-state index contributed by atoms with van der Waals surface area (Å²) in [6.07, 6.45) is 4.02. The maximum absolute atomic E-state index is 11.4. The second-order valence-electron chi connectivity index (χ2n) is 4.61. The van der Waals surface area contributed by atoms with Crippen LogP contribution >= 0.6 is 0 Å². The van der Waals surface area contributed by atoms with Gasteiger partial charge in [0.1, 0.15) is 0 Å². The van der Waals surface area contributed by atoms with Gasteiger partial charge in [0.2, 0.25) is 5.95 Å². The Balaban J connectivity index is 2.04. The van der Waals surface area contributed by atoms with Gasteiger partial charge in [0.05, 0.1) is 12.3 Å². The number of anilines is 1. The molecule has 18 heavy (non-hydrogen) atoms. The predicted octanol–water partition coefficient (Wildman–Crippen LogP) is 1.33. The van der Waals surface area contributed by atoms with Crippen molar-refractivity contribution >= 4 is 16.7 Å². The highest BCUT2D eigenvalue weighted by molar-refractivity contribution is 7.85. The number of aromatic nitrogens is 2. The van der Waals surface area contributed by atoms with Gasteiger partial charge in [-0.05, 0) is 19.8 Å². The van der Waals surface area contributed by atoms with Crippen molar-refractivity contribution in [2.45, 2.75) is 25.8 Å². The minimum Gasteiger partial charge on any atom is -0.383 e. The number of nitrogens with zero attached hydrogens (tertiary/aromatic N) is 2. The van der Waals surface area contributed by atoms with Gasteiger partial charge in [0.25, 0.3) is 0 Å². The zero-order chi connectivity index (χ0) is 13.0. The molecule has 0 spiro atoms. The Kier molecular flexibility index (Phi) is 4.77. The molecule has 1 aromatic heterocycles. The Morgan fingerprint density at radius 3 is 2.94 bits per heavy atom. The van der Waals surface area contributed by atoms with E-state index in [9.17, 15) is 4.21 Å². The molecule has 0 atom stereocenters. The molecule has 6 heteroatoms. The molecular formula is C12H21N3O2S. The van der Waals surface area contributed by atoms with Crippen molar-refractivity contribution < 1.29 is 8.95 Å². The first-order valence-electron chi connectivity index (χ1n) is 6.34. The van der Waals surface area contributed by atoms with Crippen molar-refractivity contribution in [1.82, 2.24) is 9.55 Å². The highest BCUT2D eigenvalue weighted by atomic mass is 32.2. The van der Waals surface area contributed by atoms with E-state index >= 15 is 0 Å². The third-order valence-corrected chi connectivity index (χ3v) is 4.58. The van der Waals surface area contributed by atoms with E-state index < -0.39 is 10.8 Å². The van der Waals surface area contributed by atoms with Crippen LogP contribution in [0.5, 0.6) is 0 Å². The molecule has 1 aromatic rings. The summed E-state index contributed by atoms with van der Waals surface area (Å²) >= 11 is 0. The summed E-state index contributed by atoms with van der Waals surface area (Å²) in [6, 6.07) is 0.425. The second kappa shape index (κ2) is 6.33. The fraction of sp³-hybridized carbons (Fsp3) is 0.750. The molecule has 0 amide bonds. The lowest BCUT2D eigenvalue weighted by atomic mass is 10.1. The maximum atomic E-state index is 11.4. The van der Waals surface area contributed by atoms with Crippen molar-refractivity contribution in [2.24, 2.45) is 0 Å². The fourth-order valence-corrected chi connectivity index (χ4v) is 3.52. The monoisotopic (exact) mass is 271 g/mol. The van der Waals surface area contributed by atoms with Crippen molar-refractivity contribution in [3.8, 4) is 0 Å². The summed E-state index contributed by atoms with van der Waals surface area (Å²) in [6.45, 7) is 3.42. The number of nitrogens with one attached hydrogen (secondary N) is 1. The van der Waals surface area contributed by atoms with Crippen LogP contribution < -0.4 is 5.32 Å². The molecule has 1 fully saturated rings. The second-order valence-corrected chi connectivity index (χ2v) is 6.31. The van der Waals surface area contributed by atoms with Gasteiger partial charge in [-0.25, -0.2) is 4.98 Å². The zero-order valence-corrected chi connectivity index (χ0v) is 11.8. The molecular weight excluding hydrogens is 250 g/mol. The normalized spacial score (nSPS) is 24.1. The average molecular weight is 271 g/mol. The first-order chi connectivity index (χ1) is 8.70. The summed E-state index contributed by atoms with van der Waals surface area (Å²) in [5, 5.41) is 3.29. The molecule has 1 aliphatic rings. The van der Waals surface area contributed by atoms with Crippen LogP contribution in [-0.2, 0) is 15.5 Å². The van der Waals surface area contributed by atoms with Crippen LogP contribution in [0.25, 0.3) is 0 Å². The maximum Gasteiger partial charge on any atom is 0.203 e. The molecule has 1 aliphatic heterocycles. The lowest BCUT2D eigenvalue weighted by molar-refractivity contribution is 0.210. The topological polar surface area (TPSA) is 56.1 Å². The molecule has 0 saturated carbocycles.